The maximum Gasteiger partial charge on any atom is 0.150 e. The molecule has 0 fully saturated rings. The van der Waals surface area contributed by atoms with Gasteiger partial charge in [0.05, 0.1) is 0 Å². The van der Waals surface area contributed by atoms with E-state index in [2.05, 4.69) is 25.1 Å². The van der Waals surface area contributed by atoms with E-state index in [9.17, 15) is 4.79 Å². The molecule has 0 aliphatic heterocycles. The van der Waals surface area contributed by atoms with Crippen molar-refractivity contribution in [2.24, 2.45) is 0 Å². The Morgan fingerprint density at radius 3 is 2.50 bits per heavy atom. The summed E-state index contributed by atoms with van der Waals surface area (Å²) in [5.41, 5.74) is 4.50. The number of carbonyl (C=O) groups excluding carboxylic acids is 1. The highest BCUT2D eigenvalue weighted by molar-refractivity contribution is 5.78. The van der Waals surface area contributed by atoms with Crippen LogP contribution in [0.1, 0.15) is 35.7 Å². The normalized spacial score (nSPS) is 10.3. The molecule has 0 saturated carbocycles. The largest absolute Gasteiger partial charge is 0.298 e. The van der Waals surface area contributed by atoms with Crippen LogP contribution < -0.4 is 0 Å². The van der Waals surface area contributed by atoms with Crippen molar-refractivity contribution in [2.75, 3.05) is 0 Å². The zero-order valence-corrected chi connectivity index (χ0v) is 10.7. The van der Waals surface area contributed by atoms with E-state index in [-0.39, 0.29) is 0 Å². The Morgan fingerprint density at radius 1 is 1.06 bits per heavy atom. The Kier molecular flexibility index (Phi) is 4.30. The molecular weight excluding hydrogens is 220 g/mol. The second-order valence-electron chi connectivity index (χ2n) is 4.50. The summed E-state index contributed by atoms with van der Waals surface area (Å²) in [6.07, 6.45) is 4.27. The van der Waals surface area contributed by atoms with Gasteiger partial charge in [0.2, 0.25) is 0 Å². The fourth-order valence-electron chi connectivity index (χ4n) is 2.16. The molecule has 0 atom stereocenters. The zero-order valence-electron chi connectivity index (χ0n) is 10.7. The van der Waals surface area contributed by atoms with Crippen LogP contribution in [0.3, 0.4) is 0 Å². The Labute approximate surface area is 108 Å². The van der Waals surface area contributed by atoms with Gasteiger partial charge in [-0.1, -0.05) is 55.8 Å². The van der Waals surface area contributed by atoms with Crippen LogP contribution in [0.15, 0.2) is 48.5 Å². The molecule has 0 heterocycles. The highest BCUT2D eigenvalue weighted by Gasteiger charge is 2.05. The van der Waals surface area contributed by atoms with Crippen LogP contribution >= 0.6 is 0 Å². The standard InChI is InChI=1S/C17H18O/c1-2-3-7-16-12-14(13-18)10-11-17(16)15-8-5-4-6-9-15/h4-6,8-13H,2-3,7H2,1H3. The zero-order chi connectivity index (χ0) is 12.8. The summed E-state index contributed by atoms with van der Waals surface area (Å²) in [6, 6.07) is 16.3. The molecular formula is C17H18O. The predicted molar refractivity (Wildman–Crippen MR) is 75.9 cm³/mol. The van der Waals surface area contributed by atoms with E-state index in [1.165, 1.54) is 23.1 Å². The molecule has 0 unspecified atom stereocenters. The third-order valence-electron chi connectivity index (χ3n) is 3.15. The molecule has 0 radical (unpaired) electrons. The number of hydrogen-bond acceptors (Lipinski definition) is 1. The lowest BCUT2D eigenvalue weighted by atomic mass is 9.94. The summed E-state index contributed by atoms with van der Waals surface area (Å²) in [6.45, 7) is 2.19. The number of carbonyl (C=O) groups is 1. The molecule has 2 rings (SSSR count). The summed E-state index contributed by atoms with van der Waals surface area (Å²) in [4.78, 5) is 10.9. The highest BCUT2D eigenvalue weighted by Crippen LogP contribution is 2.25. The Bertz CT molecular complexity index is 514. The first-order valence-electron chi connectivity index (χ1n) is 6.48. The van der Waals surface area contributed by atoms with Crippen molar-refractivity contribution in [3.63, 3.8) is 0 Å². The summed E-state index contributed by atoms with van der Waals surface area (Å²) in [7, 11) is 0. The van der Waals surface area contributed by atoms with Gasteiger partial charge in [-0.3, -0.25) is 4.79 Å². The molecule has 0 aliphatic carbocycles. The van der Waals surface area contributed by atoms with Crippen molar-refractivity contribution < 1.29 is 4.79 Å². The number of aldehydes is 1. The van der Waals surface area contributed by atoms with Gasteiger partial charge in [-0.25, -0.2) is 0 Å². The Morgan fingerprint density at radius 2 is 1.83 bits per heavy atom. The number of unbranched alkanes of at least 4 members (excludes halogenated alkanes) is 1. The maximum atomic E-state index is 10.9. The lowest BCUT2D eigenvalue weighted by Crippen LogP contribution is -1.93. The van der Waals surface area contributed by atoms with Crippen molar-refractivity contribution in [1.82, 2.24) is 0 Å². The average Bonchev–Trinajstić information content (AvgIpc) is 2.45. The van der Waals surface area contributed by atoms with Crippen LogP contribution in [0.25, 0.3) is 11.1 Å². The van der Waals surface area contributed by atoms with Crippen molar-refractivity contribution >= 4 is 6.29 Å². The smallest absolute Gasteiger partial charge is 0.150 e. The number of aryl methyl sites for hydroxylation is 1. The first-order valence-corrected chi connectivity index (χ1v) is 6.48. The first kappa shape index (κ1) is 12.6. The number of benzene rings is 2. The van der Waals surface area contributed by atoms with E-state index in [0.29, 0.717) is 0 Å². The van der Waals surface area contributed by atoms with Gasteiger partial charge in [-0.15, -0.1) is 0 Å². The highest BCUT2D eigenvalue weighted by atomic mass is 16.1. The Balaban J connectivity index is 2.42. The van der Waals surface area contributed by atoms with E-state index in [1.807, 2.05) is 30.3 Å². The SMILES string of the molecule is CCCCc1cc(C=O)ccc1-c1ccccc1. The quantitative estimate of drug-likeness (QED) is 0.700. The lowest BCUT2D eigenvalue weighted by molar-refractivity contribution is 0.112. The third kappa shape index (κ3) is 2.86. The Hall–Kier alpha value is -1.89. The van der Waals surface area contributed by atoms with Gasteiger partial charge in [0.1, 0.15) is 6.29 Å². The van der Waals surface area contributed by atoms with Crippen LogP contribution in [0.4, 0.5) is 0 Å². The molecule has 18 heavy (non-hydrogen) atoms. The van der Waals surface area contributed by atoms with Crippen molar-refractivity contribution in [3.05, 3.63) is 59.7 Å². The second kappa shape index (κ2) is 6.15. The van der Waals surface area contributed by atoms with Crippen LogP contribution in [-0.2, 0) is 6.42 Å². The van der Waals surface area contributed by atoms with E-state index < -0.39 is 0 Å². The van der Waals surface area contributed by atoms with Crippen molar-refractivity contribution in [3.8, 4) is 11.1 Å². The minimum Gasteiger partial charge on any atom is -0.298 e. The number of rotatable bonds is 5. The van der Waals surface area contributed by atoms with Gasteiger partial charge in [0.25, 0.3) is 0 Å². The van der Waals surface area contributed by atoms with Crippen LogP contribution in [0.2, 0.25) is 0 Å². The fraction of sp³-hybridized carbons (Fsp3) is 0.235. The first-order chi connectivity index (χ1) is 8.85. The third-order valence-corrected chi connectivity index (χ3v) is 3.15. The monoisotopic (exact) mass is 238 g/mol. The molecule has 0 aliphatic rings. The van der Waals surface area contributed by atoms with Crippen molar-refractivity contribution in [2.45, 2.75) is 26.2 Å². The molecule has 2 aromatic carbocycles. The molecule has 0 N–H and O–H groups in total. The lowest BCUT2D eigenvalue weighted by Gasteiger charge is -2.10. The minimum absolute atomic E-state index is 0.765. The summed E-state index contributed by atoms with van der Waals surface area (Å²) in [5, 5.41) is 0. The van der Waals surface area contributed by atoms with E-state index >= 15 is 0 Å². The van der Waals surface area contributed by atoms with Gasteiger partial charge in [0.15, 0.2) is 0 Å². The summed E-state index contributed by atoms with van der Waals surface area (Å²) in [5.74, 6) is 0. The minimum atomic E-state index is 0.765. The molecule has 92 valence electrons. The van der Waals surface area contributed by atoms with Gasteiger partial charge in [-0.05, 0) is 35.6 Å². The van der Waals surface area contributed by atoms with E-state index in [4.69, 9.17) is 0 Å². The molecule has 0 saturated heterocycles. The molecule has 0 aromatic heterocycles. The molecule has 1 nitrogen and oxygen atoms in total. The van der Waals surface area contributed by atoms with E-state index in [0.717, 1.165) is 24.7 Å². The van der Waals surface area contributed by atoms with Crippen LogP contribution in [-0.4, -0.2) is 6.29 Å². The molecule has 2 aromatic rings. The number of hydrogen-bond donors (Lipinski definition) is 0. The summed E-state index contributed by atoms with van der Waals surface area (Å²) < 4.78 is 0. The van der Waals surface area contributed by atoms with Crippen LogP contribution in [0.5, 0.6) is 0 Å². The van der Waals surface area contributed by atoms with Gasteiger partial charge in [-0.2, -0.15) is 0 Å². The average molecular weight is 238 g/mol. The van der Waals surface area contributed by atoms with Gasteiger partial charge >= 0.3 is 0 Å². The predicted octanol–water partition coefficient (Wildman–Crippen LogP) is 4.51. The topological polar surface area (TPSA) is 17.1 Å². The van der Waals surface area contributed by atoms with Gasteiger partial charge in [0, 0.05) is 5.56 Å². The second-order valence-corrected chi connectivity index (χ2v) is 4.50. The van der Waals surface area contributed by atoms with Crippen LogP contribution in [0, 0.1) is 0 Å². The van der Waals surface area contributed by atoms with Crippen molar-refractivity contribution in [1.29, 1.82) is 0 Å². The maximum absolute atomic E-state index is 10.9. The summed E-state index contributed by atoms with van der Waals surface area (Å²) >= 11 is 0. The molecule has 1 heteroatoms. The molecule has 0 bridgehead atoms. The molecule has 0 spiro atoms. The molecule has 0 amide bonds. The fourth-order valence-corrected chi connectivity index (χ4v) is 2.16. The van der Waals surface area contributed by atoms with Gasteiger partial charge < -0.3 is 0 Å². The van der Waals surface area contributed by atoms with E-state index in [1.54, 1.807) is 0 Å².